The number of imidazole rings is 1. The quantitative estimate of drug-likeness (QED) is 0.582. The van der Waals surface area contributed by atoms with Crippen LogP contribution in [0.2, 0.25) is 0 Å². The molecule has 0 spiro atoms. The lowest BCUT2D eigenvalue weighted by molar-refractivity contribution is 0.582. The second-order valence-electron chi connectivity index (χ2n) is 2.91. The van der Waals surface area contributed by atoms with Crippen LogP contribution in [0.4, 0.5) is 8.78 Å². The number of benzene rings is 1. The third-order valence-electron chi connectivity index (χ3n) is 2.04. The van der Waals surface area contributed by atoms with Gasteiger partial charge in [0.25, 0.3) is 0 Å². The van der Waals surface area contributed by atoms with Crippen LogP contribution in [0.5, 0.6) is 0 Å². The Morgan fingerprint density at radius 3 is 2.86 bits per heavy atom. The van der Waals surface area contributed by atoms with Gasteiger partial charge in [-0.25, -0.2) is 13.8 Å². The largest absolute Gasteiger partial charge is 0.331 e. The van der Waals surface area contributed by atoms with Gasteiger partial charge in [-0.15, -0.1) is 6.42 Å². The van der Waals surface area contributed by atoms with Crippen molar-refractivity contribution < 1.29 is 8.78 Å². The summed E-state index contributed by atoms with van der Waals surface area (Å²) in [6, 6.07) is 1.13. The van der Waals surface area contributed by atoms with Crippen molar-refractivity contribution in [3.63, 3.8) is 0 Å². The van der Waals surface area contributed by atoms with Crippen LogP contribution in [0, 0.1) is 24.0 Å². The Hall–Kier alpha value is -1.89. The van der Waals surface area contributed by atoms with E-state index in [1.807, 2.05) is 5.92 Å². The Morgan fingerprint density at radius 2 is 2.21 bits per heavy atom. The lowest BCUT2D eigenvalue weighted by Crippen LogP contribution is -1.95. The summed E-state index contributed by atoms with van der Waals surface area (Å²) in [7, 11) is 1.62. The maximum atomic E-state index is 13.6. The first kappa shape index (κ1) is 8.70. The highest BCUT2D eigenvalue weighted by Crippen LogP contribution is 2.21. The van der Waals surface area contributed by atoms with Crippen LogP contribution >= 0.6 is 0 Å². The van der Waals surface area contributed by atoms with Gasteiger partial charge >= 0.3 is 0 Å². The number of halogens is 2. The Kier molecular flexibility index (Phi) is 1.74. The number of hydrogen-bond acceptors (Lipinski definition) is 1. The van der Waals surface area contributed by atoms with Crippen LogP contribution in [-0.2, 0) is 7.05 Å². The molecule has 2 nitrogen and oxygen atoms in total. The van der Waals surface area contributed by atoms with Crippen molar-refractivity contribution in [2.24, 2.45) is 7.05 Å². The molecule has 70 valence electrons. The highest BCUT2D eigenvalue weighted by Gasteiger charge is 2.14. The van der Waals surface area contributed by atoms with E-state index in [0.29, 0.717) is 0 Å². The van der Waals surface area contributed by atoms with Crippen molar-refractivity contribution in [2.45, 2.75) is 0 Å². The van der Waals surface area contributed by atoms with Crippen LogP contribution in [0.25, 0.3) is 11.0 Å². The Balaban J connectivity index is 2.98. The molecule has 0 N–H and O–H groups in total. The van der Waals surface area contributed by atoms with Gasteiger partial charge in [-0.1, -0.05) is 5.92 Å². The van der Waals surface area contributed by atoms with Gasteiger partial charge in [0.1, 0.15) is 11.3 Å². The van der Waals surface area contributed by atoms with Crippen molar-refractivity contribution in [1.82, 2.24) is 9.55 Å². The van der Waals surface area contributed by atoms with Gasteiger partial charge in [-0.05, 0) is 0 Å². The number of aryl methyl sites for hydroxylation is 1. The van der Waals surface area contributed by atoms with Gasteiger partial charge in [0.05, 0.1) is 17.4 Å². The summed E-state index contributed by atoms with van der Waals surface area (Å²) in [5.74, 6) is 0.494. The molecule has 0 saturated carbocycles. The van der Waals surface area contributed by atoms with Gasteiger partial charge in [0.15, 0.2) is 5.82 Å². The third-order valence-corrected chi connectivity index (χ3v) is 2.04. The van der Waals surface area contributed by atoms with Crippen molar-refractivity contribution in [2.75, 3.05) is 0 Å². The standard InChI is InChI=1S/C10H6F2N2/c1-3-6-7(11)4-8-10(9(6)12)14(2)5-13-8/h1,4-5H,2H3. The molecular weight excluding hydrogens is 186 g/mol. The van der Waals surface area contributed by atoms with E-state index in [1.54, 1.807) is 7.05 Å². The van der Waals surface area contributed by atoms with E-state index in [4.69, 9.17) is 6.42 Å². The smallest absolute Gasteiger partial charge is 0.167 e. The summed E-state index contributed by atoms with van der Waals surface area (Å²) in [5, 5.41) is 0. The summed E-state index contributed by atoms with van der Waals surface area (Å²) in [4.78, 5) is 3.83. The lowest BCUT2D eigenvalue weighted by Gasteiger charge is -2.00. The molecule has 0 radical (unpaired) electrons. The Morgan fingerprint density at radius 1 is 1.50 bits per heavy atom. The number of nitrogens with zero attached hydrogens (tertiary/aromatic N) is 2. The number of hydrogen-bond donors (Lipinski definition) is 0. The van der Waals surface area contributed by atoms with Crippen molar-refractivity contribution in [3.8, 4) is 12.3 Å². The topological polar surface area (TPSA) is 17.8 Å². The molecule has 1 aromatic heterocycles. The minimum atomic E-state index is -0.754. The molecule has 2 rings (SSSR count). The maximum absolute atomic E-state index is 13.6. The van der Waals surface area contributed by atoms with Crippen molar-refractivity contribution in [1.29, 1.82) is 0 Å². The zero-order valence-electron chi connectivity index (χ0n) is 7.38. The summed E-state index contributed by atoms with van der Waals surface area (Å²) in [6.45, 7) is 0. The summed E-state index contributed by atoms with van der Waals surface area (Å²) in [5.41, 5.74) is 0.141. The Bertz CT molecular complexity index is 549. The number of terminal acetylenes is 1. The molecule has 0 saturated heterocycles. The monoisotopic (exact) mass is 192 g/mol. The molecule has 0 bridgehead atoms. The van der Waals surface area contributed by atoms with Gasteiger partial charge in [-0.2, -0.15) is 0 Å². The lowest BCUT2D eigenvalue weighted by atomic mass is 10.2. The van der Waals surface area contributed by atoms with Crippen LogP contribution in [0.1, 0.15) is 5.56 Å². The molecule has 0 aliphatic rings. The first-order valence-corrected chi connectivity index (χ1v) is 3.90. The van der Waals surface area contributed by atoms with E-state index in [0.717, 1.165) is 6.07 Å². The minimum absolute atomic E-state index is 0.222. The Labute approximate surface area is 79.2 Å². The fourth-order valence-electron chi connectivity index (χ4n) is 1.37. The summed E-state index contributed by atoms with van der Waals surface area (Å²) < 4.78 is 28.2. The fourth-order valence-corrected chi connectivity index (χ4v) is 1.37. The van der Waals surface area contributed by atoms with Gasteiger partial charge in [0.2, 0.25) is 0 Å². The molecule has 1 aromatic carbocycles. The molecule has 4 heteroatoms. The van der Waals surface area contributed by atoms with Crippen LogP contribution in [0.3, 0.4) is 0 Å². The van der Waals surface area contributed by atoms with Gasteiger partial charge in [-0.3, -0.25) is 0 Å². The molecule has 1 heterocycles. The highest BCUT2D eigenvalue weighted by molar-refractivity contribution is 5.78. The first-order chi connectivity index (χ1) is 6.65. The summed E-state index contributed by atoms with van der Waals surface area (Å²) in [6.07, 6.45) is 6.41. The third kappa shape index (κ3) is 0.990. The fraction of sp³-hybridized carbons (Fsp3) is 0.100. The normalized spacial score (nSPS) is 10.4. The van der Waals surface area contributed by atoms with Crippen LogP contribution in [-0.4, -0.2) is 9.55 Å². The second kappa shape index (κ2) is 2.81. The highest BCUT2D eigenvalue weighted by atomic mass is 19.1. The van der Waals surface area contributed by atoms with E-state index >= 15 is 0 Å². The van der Waals surface area contributed by atoms with E-state index in [1.165, 1.54) is 10.9 Å². The van der Waals surface area contributed by atoms with E-state index in [2.05, 4.69) is 4.98 Å². The van der Waals surface area contributed by atoms with E-state index in [9.17, 15) is 8.78 Å². The second-order valence-corrected chi connectivity index (χ2v) is 2.91. The van der Waals surface area contributed by atoms with Crippen LogP contribution < -0.4 is 0 Å². The molecule has 0 amide bonds. The zero-order valence-corrected chi connectivity index (χ0v) is 7.38. The average molecular weight is 192 g/mol. The molecule has 2 aromatic rings. The first-order valence-electron chi connectivity index (χ1n) is 3.90. The van der Waals surface area contributed by atoms with Crippen molar-refractivity contribution >= 4 is 11.0 Å². The van der Waals surface area contributed by atoms with E-state index < -0.39 is 11.6 Å². The predicted octanol–water partition coefficient (Wildman–Crippen LogP) is 1.83. The average Bonchev–Trinajstić information content (AvgIpc) is 2.48. The minimum Gasteiger partial charge on any atom is -0.331 e. The van der Waals surface area contributed by atoms with Gasteiger partial charge < -0.3 is 4.57 Å². The number of aromatic nitrogens is 2. The van der Waals surface area contributed by atoms with Crippen LogP contribution in [0.15, 0.2) is 12.4 Å². The molecular formula is C10H6F2N2. The van der Waals surface area contributed by atoms with Crippen molar-refractivity contribution in [3.05, 3.63) is 29.6 Å². The molecule has 0 aliphatic carbocycles. The molecule has 0 fully saturated rings. The molecule has 14 heavy (non-hydrogen) atoms. The SMILES string of the molecule is C#Cc1c(F)cc2ncn(C)c2c1F. The molecule has 0 atom stereocenters. The number of rotatable bonds is 0. The maximum Gasteiger partial charge on any atom is 0.167 e. The zero-order chi connectivity index (χ0) is 10.3. The van der Waals surface area contributed by atoms with Gasteiger partial charge in [0, 0.05) is 13.1 Å². The molecule has 0 unspecified atom stereocenters. The predicted molar refractivity (Wildman–Crippen MR) is 48.6 cm³/mol. The summed E-state index contributed by atoms with van der Waals surface area (Å²) >= 11 is 0. The number of fused-ring (bicyclic) bond motifs is 1. The molecule has 0 aliphatic heterocycles. The van der Waals surface area contributed by atoms with E-state index in [-0.39, 0.29) is 16.6 Å².